The van der Waals surface area contributed by atoms with Crippen molar-refractivity contribution in [3.05, 3.63) is 29.8 Å². The molecule has 0 aliphatic carbocycles. The lowest BCUT2D eigenvalue weighted by Gasteiger charge is -2.11. The molecular weight excluding hydrogens is 330 g/mol. The monoisotopic (exact) mass is 349 g/mol. The predicted octanol–water partition coefficient (Wildman–Crippen LogP) is -0.279. The van der Waals surface area contributed by atoms with Gasteiger partial charge in [0.15, 0.2) is 9.84 Å². The van der Waals surface area contributed by atoms with Gasteiger partial charge in [-0.05, 0) is 24.1 Å². The van der Waals surface area contributed by atoms with Crippen molar-refractivity contribution in [3.63, 3.8) is 0 Å². The summed E-state index contributed by atoms with van der Waals surface area (Å²) in [6.45, 7) is 0.229. The molecule has 0 bridgehead atoms. The number of primary amides is 1. The Morgan fingerprint density at radius 1 is 1.23 bits per heavy atom. The molecule has 0 aromatic heterocycles. The molecule has 124 valence electrons. The summed E-state index contributed by atoms with van der Waals surface area (Å²) in [6.07, 6.45) is 1.37. The third kappa shape index (κ3) is 6.88. The minimum Gasteiger partial charge on any atom is -0.370 e. The molecule has 7 nitrogen and oxygen atoms in total. The number of halogens is 1. The third-order valence-corrected chi connectivity index (χ3v) is 3.99. The molecule has 2 amide bonds. The second kappa shape index (κ2) is 8.72. The van der Waals surface area contributed by atoms with E-state index in [-0.39, 0.29) is 42.6 Å². The molecular formula is C13H20ClN3O4S. The van der Waals surface area contributed by atoms with Crippen LogP contribution in [0.1, 0.15) is 18.4 Å². The highest BCUT2D eigenvalue weighted by Gasteiger charge is 2.14. The Kier molecular flexibility index (Phi) is 8.07. The normalized spacial score (nSPS) is 12.1. The molecule has 0 aliphatic rings. The van der Waals surface area contributed by atoms with E-state index in [4.69, 9.17) is 11.5 Å². The number of sulfone groups is 1. The van der Waals surface area contributed by atoms with E-state index in [1.807, 2.05) is 0 Å². The fraction of sp³-hybridized carbons (Fsp3) is 0.385. The average molecular weight is 350 g/mol. The van der Waals surface area contributed by atoms with Gasteiger partial charge in [0.2, 0.25) is 11.8 Å². The molecule has 0 radical (unpaired) electrons. The van der Waals surface area contributed by atoms with Crippen LogP contribution in [0.2, 0.25) is 0 Å². The van der Waals surface area contributed by atoms with Crippen molar-refractivity contribution in [2.24, 2.45) is 11.5 Å². The van der Waals surface area contributed by atoms with E-state index in [0.717, 1.165) is 11.8 Å². The zero-order valence-corrected chi connectivity index (χ0v) is 13.7. The Morgan fingerprint density at radius 3 is 2.23 bits per heavy atom. The van der Waals surface area contributed by atoms with Crippen LogP contribution < -0.4 is 16.8 Å². The largest absolute Gasteiger partial charge is 0.370 e. The lowest BCUT2D eigenvalue weighted by Crippen LogP contribution is -2.40. The number of benzene rings is 1. The summed E-state index contributed by atoms with van der Waals surface area (Å²) in [4.78, 5) is 22.5. The number of carbonyl (C=O) groups is 2. The minimum absolute atomic E-state index is 0. The van der Waals surface area contributed by atoms with E-state index in [1.165, 1.54) is 12.1 Å². The molecule has 5 N–H and O–H groups in total. The lowest BCUT2D eigenvalue weighted by molar-refractivity contribution is -0.123. The maximum absolute atomic E-state index is 11.7. The van der Waals surface area contributed by atoms with Crippen molar-refractivity contribution in [3.8, 4) is 0 Å². The Morgan fingerprint density at radius 2 is 1.77 bits per heavy atom. The zero-order valence-electron chi connectivity index (χ0n) is 12.1. The maximum Gasteiger partial charge on any atom is 0.237 e. The van der Waals surface area contributed by atoms with Gasteiger partial charge in [0.1, 0.15) is 0 Å². The highest BCUT2D eigenvalue weighted by atomic mass is 35.5. The van der Waals surface area contributed by atoms with Gasteiger partial charge in [-0.25, -0.2) is 8.42 Å². The van der Waals surface area contributed by atoms with Gasteiger partial charge in [0.25, 0.3) is 0 Å². The topological polar surface area (TPSA) is 132 Å². The molecule has 1 unspecified atom stereocenters. The van der Waals surface area contributed by atoms with Crippen LogP contribution in [0.3, 0.4) is 0 Å². The number of hydrogen-bond donors (Lipinski definition) is 3. The van der Waals surface area contributed by atoms with Gasteiger partial charge >= 0.3 is 0 Å². The first-order valence-corrected chi connectivity index (χ1v) is 8.20. The smallest absolute Gasteiger partial charge is 0.237 e. The van der Waals surface area contributed by atoms with E-state index in [9.17, 15) is 18.0 Å². The molecule has 1 aromatic rings. The summed E-state index contributed by atoms with van der Waals surface area (Å²) >= 11 is 0. The molecule has 1 rings (SSSR count). The number of nitrogens with one attached hydrogen (secondary N) is 1. The Balaban J connectivity index is 0.00000441. The summed E-state index contributed by atoms with van der Waals surface area (Å²) in [5.74, 6) is -0.891. The number of hydrogen-bond acceptors (Lipinski definition) is 5. The second-order valence-corrected chi connectivity index (χ2v) is 6.76. The fourth-order valence-electron chi connectivity index (χ4n) is 1.60. The fourth-order valence-corrected chi connectivity index (χ4v) is 2.23. The van der Waals surface area contributed by atoms with E-state index in [1.54, 1.807) is 12.1 Å². The van der Waals surface area contributed by atoms with E-state index in [2.05, 4.69) is 5.32 Å². The molecule has 1 atom stereocenters. The molecule has 9 heteroatoms. The highest BCUT2D eigenvalue weighted by Crippen LogP contribution is 2.10. The summed E-state index contributed by atoms with van der Waals surface area (Å²) in [5.41, 5.74) is 11.3. The van der Waals surface area contributed by atoms with Crippen LogP contribution in [-0.2, 0) is 26.0 Å². The van der Waals surface area contributed by atoms with Gasteiger partial charge in [-0.15, -0.1) is 12.4 Å². The highest BCUT2D eigenvalue weighted by molar-refractivity contribution is 7.90. The van der Waals surface area contributed by atoms with Crippen LogP contribution >= 0.6 is 12.4 Å². The zero-order chi connectivity index (χ0) is 16.0. The number of carbonyl (C=O) groups excluding carboxylic acids is 2. The quantitative estimate of drug-likeness (QED) is 0.622. The third-order valence-electron chi connectivity index (χ3n) is 2.86. The van der Waals surface area contributed by atoms with E-state index in [0.29, 0.717) is 0 Å². The van der Waals surface area contributed by atoms with Crippen molar-refractivity contribution in [2.45, 2.75) is 30.3 Å². The maximum atomic E-state index is 11.7. The Hall–Kier alpha value is -1.64. The van der Waals surface area contributed by atoms with E-state index >= 15 is 0 Å². The average Bonchev–Trinajstić information content (AvgIpc) is 2.41. The van der Waals surface area contributed by atoms with Gasteiger partial charge < -0.3 is 16.8 Å². The molecule has 0 aliphatic heterocycles. The predicted molar refractivity (Wildman–Crippen MR) is 85.1 cm³/mol. The molecule has 1 aromatic carbocycles. The van der Waals surface area contributed by atoms with Gasteiger partial charge in [-0.3, -0.25) is 9.59 Å². The van der Waals surface area contributed by atoms with Crippen molar-refractivity contribution < 1.29 is 18.0 Å². The Bertz CT molecular complexity index is 617. The van der Waals surface area contributed by atoms with Gasteiger partial charge in [0, 0.05) is 19.2 Å². The molecule has 0 saturated carbocycles. The SMILES string of the molecule is CS(=O)(=O)c1ccc(CNC(=O)C(N)CCC(N)=O)cc1.Cl. The molecule has 22 heavy (non-hydrogen) atoms. The second-order valence-electron chi connectivity index (χ2n) is 4.75. The van der Waals surface area contributed by atoms with Crippen LogP contribution in [0.25, 0.3) is 0 Å². The summed E-state index contributed by atoms with van der Waals surface area (Å²) in [5, 5.41) is 2.62. The number of amides is 2. The first-order valence-electron chi connectivity index (χ1n) is 6.30. The van der Waals surface area contributed by atoms with Crippen LogP contribution in [0.5, 0.6) is 0 Å². The first-order chi connectivity index (χ1) is 9.70. The standard InChI is InChI=1S/C13H19N3O4S.ClH/c1-21(19,20)10-4-2-9(3-5-10)8-16-13(18)11(14)6-7-12(15)17;/h2-5,11H,6-8,14H2,1H3,(H2,15,17)(H,16,18);1H. The van der Waals surface area contributed by atoms with Crippen LogP contribution in [0.15, 0.2) is 29.2 Å². The van der Waals surface area contributed by atoms with E-state index < -0.39 is 21.8 Å². The first kappa shape index (κ1) is 20.4. The summed E-state index contributed by atoms with van der Waals surface area (Å²) in [7, 11) is -3.23. The number of rotatable bonds is 7. The molecule has 0 heterocycles. The van der Waals surface area contributed by atoms with Crippen LogP contribution in [-0.4, -0.2) is 32.5 Å². The van der Waals surface area contributed by atoms with Gasteiger partial charge in [-0.1, -0.05) is 12.1 Å². The van der Waals surface area contributed by atoms with Crippen molar-refractivity contribution >= 4 is 34.1 Å². The molecule has 0 spiro atoms. The minimum atomic E-state index is -3.23. The van der Waals surface area contributed by atoms with Gasteiger partial charge in [-0.2, -0.15) is 0 Å². The van der Waals surface area contributed by atoms with Crippen LogP contribution in [0, 0.1) is 0 Å². The van der Waals surface area contributed by atoms with Crippen LogP contribution in [0.4, 0.5) is 0 Å². The Labute approximate surface area is 135 Å². The number of nitrogens with two attached hydrogens (primary N) is 2. The summed E-state index contributed by atoms with van der Waals surface area (Å²) in [6, 6.07) is 5.39. The van der Waals surface area contributed by atoms with Crippen molar-refractivity contribution in [2.75, 3.05) is 6.26 Å². The summed E-state index contributed by atoms with van der Waals surface area (Å²) < 4.78 is 22.6. The van der Waals surface area contributed by atoms with Gasteiger partial charge in [0.05, 0.1) is 10.9 Å². The van der Waals surface area contributed by atoms with Crippen molar-refractivity contribution in [1.82, 2.24) is 5.32 Å². The lowest BCUT2D eigenvalue weighted by atomic mass is 10.1. The molecule has 0 saturated heterocycles. The molecule has 0 fully saturated rings. The van der Waals surface area contributed by atoms with Crippen molar-refractivity contribution in [1.29, 1.82) is 0 Å².